The van der Waals surface area contributed by atoms with E-state index in [1.165, 1.54) is 10.7 Å². The highest BCUT2D eigenvalue weighted by atomic mass is 19.1. The number of fused-ring (bicyclic) bond motifs is 3. The second kappa shape index (κ2) is 8.75. The van der Waals surface area contributed by atoms with Gasteiger partial charge in [-0.1, -0.05) is 35.5 Å². The predicted molar refractivity (Wildman–Crippen MR) is 141 cm³/mol. The lowest BCUT2D eigenvalue weighted by atomic mass is 9.93. The summed E-state index contributed by atoms with van der Waals surface area (Å²) in [5.74, 6) is -0.258. The van der Waals surface area contributed by atoms with Gasteiger partial charge in [-0.3, -0.25) is 4.98 Å². The molecule has 190 valence electrons. The van der Waals surface area contributed by atoms with E-state index in [-0.39, 0.29) is 23.0 Å². The number of halogens is 1. The summed E-state index contributed by atoms with van der Waals surface area (Å²) in [5.41, 5.74) is 2.53. The average molecular weight is 503 g/mol. The van der Waals surface area contributed by atoms with Crippen molar-refractivity contribution < 1.29 is 18.3 Å². The minimum absolute atomic E-state index is 0.0941. The van der Waals surface area contributed by atoms with E-state index in [1.54, 1.807) is 33.2 Å². The fourth-order valence-corrected chi connectivity index (χ4v) is 5.24. The Morgan fingerprint density at radius 3 is 2.65 bits per heavy atom. The molecule has 0 amide bonds. The summed E-state index contributed by atoms with van der Waals surface area (Å²) in [6, 6.07) is 14.9. The number of ether oxygens (including phenoxy) is 1. The Labute approximate surface area is 218 Å². The average Bonchev–Trinajstić information content (AvgIpc) is 3.40. The van der Waals surface area contributed by atoms with Crippen LogP contribution >= 0.6 is 0 Å². The first-order valence-corrected chi connectivity index (χ1v) is 12.3. The lowest BCUT2D eigenvalue weighted by molar-refractivity contribution is -0.0393. The van der Waals surface area contributed by atoms with E-state index in [2.05, 4.69) is 27.0 Å². The molecule has 1 N–H and O–H groups in total. The molecule has 1 aliphatic rings. The Bertz CT molecular complexity index is 1720. The smallest absolute Gasteiger partial charge is 0.133 e. The molecule has 2 aromatic carbocycles. The topological polar surface area (TPSA) is 78.0 Å². The number of aliphatic hydroxyl groups is 1. The molecule has 37 heavy (non-hydrogen) atoms. The zero-order chi connectivity index (χ0) is 28.4. The van der Waals surface area contributed by atoms with Crippen LogP contribution in [0.2, 0.25) is 0 Å². The van der Waals surface area contributed by atoms with Crippen LogP contribution < -0.4 is 0 Å². The van der Waals surface area contributed by atoms with Gasteiger partial charge in [0.2, 0.25) is 0 Å². The molecular weight excluding hydrogens is 469 g/mol. The van der Waals surface area contributed by atoms with Crippen LogP contribution in [0.3, 0.4) is 0 Å². The zero-order valence-corrected chi connectivity index (χ0v) is 20.9. The first kappa shape index (κ1) is 20.4. The highest BCUT2D eigenvalue weighted by Gasteiger charge is 2.30. The molecule has 1 saturated heterocycles. The van der Waals surface area contributed by atoms with Crippen molar-refractivity contribution in [3.63, 3.8) is 0 Å². The molecule has 8 heteroatoms. The molecule has 1 fully saturated rings. The molecule has 1 aliphatic heterocycles. The Kier molecular flexibility index (Phi) is 4.83. The lowest BCUT2D eigenvalue weighted by Gasteiger charge is -2.32. The van der Waals surface area contributed by atoms with Gasteiger partial charge in [0.1, 0.15) is 5.82 Å². The first-order valence-electron chi connectivity index (χ1n) is 13.8. The molecule has 0 aliphatic carbocycles. The molecule has 0 spiro atoms. The van der Waals surface area contributed by atoms with Crippen LogP contribution in [0, 0.1) is 18.6 Å². The van der Waals surface area contributed by atoms with Crippen molar-refractivity contribution in [3.05, 3.63) is 77.4 Å². The maximum atomic E-state index is 15.9. The Balaban J connectivity index is 1.69. The normalized spacial score (nSPS) is 16.9. The van der Waals surface area contributed by atoms with E-state index in [0.717, 1.165) is 17.5 Å². The summed E-state index contributed by atoms with van der Waals surface area (Å²) in [5, 5.41) is 19.2. The van der Waals surface area contributed by atoms with E-state index in [1.807, 2.05) is 24.3 Å². The van der Waals surface area contributed by atoms with Gasteiger partial charge in [-0.25, -0.2) is 9.07 Å². The van der Waals surface area contributed by atoms with E-state index >= 15 is 4.39 Å². The largest absolute Gasteiger partial charge is 0.386 e. The van der Waals surface area contributed by atoms with Crippen molar-refractivity contribution >= 4 is 21.9 Å². The van der Waals surface area contributed by atoms with E-state index in [9.17, 15) is 5.11 Å². The van der Waals surface area contributed by atoms with Crippen molar-refractivity contribution in [1.29, 1.82) is 0 Å². The van der Waals surface area contributed by atoms with Crippen LogP contribution in [0.1, 0.15) is 47.2 Å². The second-order valence-corrected chi connectivity index (χ2v) is 10.3. The molecule has 0 bridgehead atoms. The summed E-state index contributed by atoms with van der Waals surface area (Å²) >= 11 is 0. The summed E-state index contributed by atoms with van der Waals surface area (Å²) in [6.45, 7) is 2.16. The number of rotatable bonds is 6. The lowest BCUT2D eigenvalue weighted by Crippen LogP contribution is -2.30. The van der Waals surface area contributed by atoms with Crippen LogP contribution in [0.25, 0.3) is 33.2 Å². The number of benzene rings is 2. The van der Waals surface area contributed by atoms with Gasteiger partial charge in [-0.15, -0.1) is 5.10 Å². The van der Waals surface area contributed by atoms with Gasteiger partial charge < -0.3 is 14.4 Å². The standard InChI is InChI=1S/C29H30FN5O2/c1-17-28(34(4)33-32-17)21-13-25-22(12-23(21)30)27-26(11-20(14-31-27)29(2,3)36)35(25)24(10-18-15-37-16-18)19-8-6-5-7-9-19/h5-9,11-14,18,24,36H,10,15-16H2,1-4H3/i1D3. The molecule has 5 aromatic rings. The van der Waals surface area contributed by atoms with E-state index < -0.39 is 18.3 Å². The quantitative estimate of drug-likeness (QED) is 0.342. The monoisotopic (exact) mass is 502 g/mol. The highest BCUT2D eigenvalue weighted by Crippen LogP contribution is 2.41. The van der Waals surface area contributed by atoms with Crippen molar-refractivity contribution in [2.75, 3.05) is 13.2 Å². The molecule has 1 atom stereocenters. The highest BCUT2D eigenvalue weighted by molar-refractivity contribution is 6.07. The minimum atomic E-state index is -2.57. The number of hydrogen-bond donors (Lipinski definition) is 1. The van der Waals surface area contributed by atoms with Gasteiger partial charge in [0.25, 0.3) is 0 Å². The van der Waals surface area contributed by atoms with Gasteiger partial charge in [0.15, 0.2) is 0 Å². The van der Waals surface area contributed by atoms with Gasteiger partial charge >= 0.3 is 0 Å². The number of nitrogens with zero attached hydrogens (tertiary/aromatic N) is 5. The zero-order valence-electron chi connectivity index (χ0n) is 23.9. The molecule has 4 heterocycles. The van der Waals surface area contributed by atoms with Crippen molar-refractivity contribution in [3.8, 4) is 11.3 Å². The third-order valence-corrected chi connectivity index (χ3v) is 7.28. The van der Waals surface area contributed by atoms with Gasteiger partial charge in [0, 0.05) is 39.8 Å². The van der Waals surface area contributed by atoms with Gasteiger partial charge in [-0.05, 0) is 50.9 Å². The summed E-state index contributed by atoms with van der Waals surface area (Å²) in [6.07, 6.45) is 2.39. The summed E-state index contributed by atoms with van der Waals surface area (Å²) < 4.78 is 48.7. The molecule has 0 radical (unpaired) electrons. The molecule has 0 saturated carbocycles. The first-order chi connectivity index (χ1) is 18.9. The molecule has 6 rings (SSSR count). The van der Waals surface area contributed by atoms with Crippen LogP contribution in [0.15, 0.2) is 54.7 Å². The fourth-order valence-electron chi connectivity index (χ4n) is 5.24. The van der Waals surface area contributed by atoms with Crippen molar-refractivity contribution in [2.45, 2.75) is 38.8 Å². The number of pyridine rings is 1. The van der Waals surface area contributed by atoms with Crippen LogP contribution in [0.4, 0.5) is 4.39 Å². The van der Waals surface area contributed by atoms with Gasteiger partial charge in [-0.2, -0.15) is 0 Å². The van der Waals surface area contributed by atoms with Gasteiger partial charge in [0.05, 0.1) is 52.8 Å². The summed E-state index contributed by atoms with van der Waals surface area (Å²) in [7, 11) is 1.55. The minimum Gasteiger partial charge on any atom is -0.386 e. The van der Waals surface area contributed by atoms with Crippen molar-refractivity contribution in [1.82, 2.24) is 24.5 Å². The molecular formula is C29H30FN5O2. The van der Waals surface area contributed by atoms with E-state index in [0.29, 0.717) is 41.1 Å². The third kappa shape index (κ3) is 4.01. The summed E-state index contributed by atoms with van der Waals surface area (Å²) in [4.78, 5) is 4.70. The molecule has 3 aromatic heterocycles. The van der Waals surface area contributed by atoms with E-state index in [4.69, 9.17) is 13.8 Å². The number of aromatic nitrogens is 5. The fraction of sp³-hybridized carbons (Fsp3) is 0.345. The maximum Gasteiger partial charge on any atom is 0.133 e. The molecule has 1 unspecified atom stereocenters. The Morgan fingerprint density at radius 2 is 1.97 bits per heavy atom. The third-order valence-electron chi connectivity index (χ3n) is 7.28. The predicted octanol–water partition coefficient (Wildman–Crippen LogP) is 5.29. The Hall–Kier alpha value is -3.62. The van der Waals surface area contributed by atoms with Crippen LogP contribution in [0.5, 0.6) is 0 Å². The SMILES string of the molecule is [2H]C([2H])([2H])c1nnn(C)c1-c1cc2c(cc1F)c1ncc(C(C)(C)O)cc1n2C(CC1COC1)c1ccccc1. The van der Waals surface area contributed by atoms with Crippen LogP contribution in [-0.2, 0) is 17.4 Å². The number of aryl methyl sites for hydroxylation is 2. The number of hydrogen-bond acceptors (Lipinski definition) is 5. The molecule has 7 nitrogen and oxygen atoms in total. The second-order valence-electron chi connectivity index (χ2n) is 10.3. The van der Waals surface area contributed by atoms with Crippen LogP contribution in [-0.4, -0.2) is 42.9 Å². The van der Waals surface area contributed by atoms with Crippen molar-refractivity contribution in [2.24, 2.45) is 13.0 Å². The Morgan fingerprint density at radius 1 is 1.19 bits per heavy atom. The maximum absolute atomic E-state index is 15.9.